The van der Waals surface area contributed by atoms with E-state index in [0.717, 1.165) is 17.1 Å². The zero-order valence-electron chi connectivity index (χ0n) is 25.9. The minimum absolute atomic E-state index is 0.992. The minimum Gasteiger partial charge on any atom is -0.345 e. The average Bonchev–Trinajstić information content (AvgIpc) is 3.14. The molecular weight excluding hydrogens is 556 g/mol. The first kappa shape index (κ1) is 27.5. The molecule has 218 valence electrons. The summed E-state index contributed by atoms with van der Waals surface area (Å²) in [7, 11) is 4.19. The fourth-order valence-corrected chi connectivity index (χ4v) is 6.64. The molecule has 0 saturated heterocycles. The van der Waals surface area contributed by atoms with Crippen LogP contribution >= 0.6 is 0 Å². The van der Waals surface area contributed by atoms with Gasteiger partial charge in [0.05, 0.1) is 5.70 Å². The molecule has 0 atom stereocenters. The van der Waals surface area contributed by atoms with E-state index in [4.69, 9.17) is 0 Å². The molecule has 1 aliphatic rings. The number of hydrogen-bond donors (Lipinski definition) is 0. The molecule has 46 heavy (non-hydrogen) atoms. The summed E-state index contributed by atoms with van der Waals surface area (Å²) in [5, 5.41) is 7.57. The first-order valence-electron chi connectivity index (χ1n) is 15.6. The van der Waals surface area contributed by atoms with Gasteiger partial charge in [-0.25, -0.2) is 0 Å². The summed E-state index contributed by atoms with van der Waals surface area (Å²) in [5.74, 6) is 0. The maximum atomic E-state index is 3.20. The lowest BCUT2D eigenvalue weighted by atomic mass is 9.87. The van der Waals surface area contributed by atoms with Crippen LogP contribution in [0.1, 0.15) is 0 Å². The summed E-state index contributed by atoms with van der Waals surface area (Å²) in [6, 6.07) is 50.7. The van der Waals surface area contributed by atoms with Crippen molar-refractivity contribution in [2.24, 2.45) is 0 Å². The van der Waals surface area contributed by atoms with Crippen LogP contribution in [0.3, 0.4) is 0 Å². The average molecular weight is 589 g/mol. The molecule has 0 spiro atoms. The third kappa shape index (κ3) is 4.80. The zero-order chi connectivity index (χ0) is 31.0. The lowest BCUT2D eigenvalue weighted by Gasteiger charge is -2.20. The van der Waals surface area contributed by atoms with Crippen molar-refractivity contribution in [3.8, 4) is 22.3 Å². The van der Waals surface area contributed by atoms with Crippen LogP contribution in [0.4, 0.5) is 17.1 Å². The highest BCUT2D eigenvalue weighted by atomic mass is 15.1. The van der Waals surface area contributed by atoms with Crippen molar-refractivity contribution in [2.45, 2.75) is 0 Å². The molecule has 0 saturated carbocycles. The van der Waals surface area contributed by atoms with E-state index in [-0.39, 0.29) is 0 Å². The van der Waals surface area contributed by atoms with Gasteiger partial charge in [-0.3, -0.25) is 0 Å². The summed E-state index contributed by atoms with van der Waals surface area (Å²) < 4.78 is 0. The maximum Gasteiger partial charge on any atom is 0.0924 e. The van der Waals surface area contributed by atoms with E-state index in [1.807, 2.05) is 12.2 Å². The van der Waals surface area contributed by atoms with Crippen LogP contribution in [0.5, 0.6) is 0 Å². The molecule has 8 rings (SSSR count). The van der Waals surface area contributed by atoms with Gasteiger partial charge in [-0.05, 0) is 121 Å². The Balaban J connectivity index is 1.26. The summed E-state index contributed by atoms with van der Waals surface area (Å²) >= 11 is 0. The Morgan fingerprint density at radius 3 is 1.39 bits per heavy atom. The molecule has 0 unspecified atom stereocenters. The van der Waals surface area contributed by atoms with Gasteiger partial charge in [0, 0.05) is 31.2 Å². The van der Waals surface area contributed by atoms with Crippen LogP contribution in [-0.4, -0.2) is 14.1 Å². The maximum absolute atomic E-state index is 3.20. The number of anilines is 3. The van der Waals surface area contributed by atoms with Crippen molar-refractivity contribution in [2.75, 3.05) is 23.9 Å². The number of allylic oxidation sites excluding steroid dienone is 3. The SMILES string of the molecule is CN(C1=C=C=CC=C1)c1ccc(-c2cc3c4ccccc4c(-c4ccc(N(C)c5ccccc5)cc4)cc3c3ccccc23)cc1. The van der Waals surface area contributed by atoms with Crippen molar-refractivity contribution in [3.63, 3.8) is 0 Å². The second-order valence-electron chi connectivity index (χ2n) is 11.8. The molecule has 7 aromatic carbocycles. The van der Waals surface area contributed by atoms with E-state index in [2.05, 4.69) is 181 Å². The molecule has 2 nitrogen and oxygen atoms in total. The first-order valence-corrected chi connectivity index (χ1v) is 15.6. The van der Waals surface area contributed by atoms with Crippen LogP contribution in [0.25, 0.3) is 54.6 Å². The van der Waals surface area contributed by atoms with E-state index < -0.39 is 0 Å². The predicted molar refractivity (Wildman–Crippen MR) is 197 cm³/mol. The second-order valence-corrected chi connectivity index (χ2v) is 11.8. The first-order chi connectivity index (χ1) is 22.7. The predicted octanol–water partition coefficient (Wildman–Crippen LogP) is 11.4. The largest absolute Gasteiger partial charge is 0.345 e. The van der Waals surface area contributed by atoms with Crippen LogP contribution in [0.15, 0.2) is 175 Å². The van der Waals surface area contributed by atoms with Gasteiger partial charge in [-0.1, -0.05) is 103 Å². The summed E-state index contributed by atoms with van der Waals surface area (Å²) in [6.45, 7) is 0. The molecule has 1 aliphatic carbocycles. The number of nitrogens with zero attached hydrogens (tertiary/aromatic N) is 2. The van der Waals surface area contributed by atoms with Gasteiger partial charge >= 0.3 is 0 Å². The normalized spacial score (nSPS) is 12.2. The fourth-order valence-electron chi connectivity index (χ4n) is 6.64. The fraction of sp³-hybridized carbons (Fsp3) is 0.0455. The topological polar surface area (TPSA) is 6.48 Å². The molecule has 7 aromatic rings. The monoisotopic (exact) mass is 588 g/mol. The Bertz CT molecular complexity index is 2380. The second kappa shape index (κ2) is 11.5. The molecule has 0 N–H and O–H groups in total. The number of likely N-dealkylation sites (N-methyl/N-ethyl adjacent to an activating group) is 1. The Hall–Kier alpha value is -6.04. The highest BCUT2D eigenvalue weighted by molar-refractivity contribution is 6.23. The molecule has 0 aliphatic heterocycles. The number of hydrogen-bond acceptors (Lipinski definition) is 2. The van der Waals surface area contributed by atoms with Gasteiger partial charge in [-0.2, -0.15) is 0 Å². The summed E-state index contributed by atoms with van der Waals surface area (Å²) in [4.78, 5) is 4.36. The lowest BCUT2D eigenvalue weighted by Crippen LogP contribution is -2.14. The van der Waals surface area contributed by atoms with Gasteiger partial charge in [0.15, 0.2) is 0 Å². The van der Waals surface area contributed by atoms with E-state index in [9.17, 15) is 0 Å². The van der Waals surface area contributed by atoms with E-state index in [1.54, 1.807) is 0 Å². The van der Waals surface area contributed by atoms with E-state index in [0.29, 0.717) is 0 Å². The van der Waals surface area contributed by atoms with E-state index >= 15 is 0 Å². The number of benzene rings is 7. The molecule has 0 bridgehead atoms. The standard InChI is InChI=1S/C44H32N2/c1-45(33-13-5-3-6-14-33)35-25-21-31(22-26-35)41-29-43-40-20-12-10-18-38(40)42(30-44(43)39-19-11-9-17-37(39)41)32-23-27-36(28-24-32)46(2)34-15-7-4-8-16-34/h3-7,9-15,17-30H,1-2H3. The minimum atomic E-state index is 0.992. The molecule has 0 aromatic heterocycles. The summed E-state index contributed by atoms with van der Waals surface area (Å²) in [6.07, 6.45) is 5.92. The quantitative estimate of drug-likeness (QED) is 0.141. The molecule has 2 heteroatoms. The molecule has 0 heterocycles. The van der Waals surface area contributed by atoms with E-state index in [1.165, 1.54) is 60.3 Å². The molecule has 0 fully saturated rings. The van der Waals surface area contributed by atoms with Crippen LogP contribution in [0, 0.1) is 0 Å². The molecule has 0 radical (unpaired) electrons. The Kier molecular flexibility index (Phi) is 6.86. The van der Waals surface area contributed by atoms with Gasteiger partial charge in [0.2, 0.25) is 0 Å². The van der Waals surface area contributed by atoms with Crippen LogP contribution in [0.2, 0.25) is 0 Å². The smallest absolute Gasteiger partial charge is 0.0924 e. The Labute approximate surface area is 269 Å². The van der Waals surface area contributed by atoms with Crippen LogP contribution in [-0.2, 0) is 0 Å². The Morgan fingerprint density at radius 1 is 0.435 bits per heavy atom. The van der Waals surface area contributed by atoms with Gasteiger partial charge in [0.1, 0.15) is 0 Å². The third-order valence-electron chi connectivity index (χ3n) is 9.15. The number of rotatable bonds is 6. The third-order valence-corrected chi connectivity index (χ3v) is 9.15. The number of para-hydroxylation sites is 1. The van der Waals surface area contributed by atoms with Crippen LogP contribution < -0.4 is 9.80 Å². The molecule has 0 amide bonds. The Morgan fingerprint density at radius 2 is 0.891 bits per heavy atom. The highest BCUT2D eigenvalue weighted by Gasteiger charge is 2.15. The zero-order valence-corrected chi connectivity index (χ0v) is 25.9. The van der Waals surface area contributed by atoms with Gasteiger partial charge in [0.25, 0.3) is 0 Å². The lowest BCUT2D eigenvalue weighted by molar-refractivity contribution is 1.14. The van der Waals surface area contributed by atoms with Crippen molar-refractivity contribution < 1.29 is 0 Å². The number of fused-ring (bicyclic) bond motifs is 5. The van der Waals surface area contributed by atoms with Crippen molar-refractivity contribution in [1.29, 1.82) is 0 Å². The van der Waals surface area contributed by atoms with Gasteiger partial charge in [-0.15, -0.1) is 0 Å². The summed E-state index contributed by atoms with van der Waals surface area (Å²) in [5.41, 5.74) is 15.6. The molecular formula is C44H32N2. The van der Waals surface area contributed by atoms with Crippen molar-refractivity contribution >= 4 is 49.4 Å². The van der Waals surface area contributed by atoms with Crippen molar-refractivity contribution in [1.82, 2.24) is 0 Å². The van der Waals surface area contributed by atoms with Crippen molar-refractivity contribution in [3.05, 3.63) is 175 Å². The van der Waals surface area contributed by atoms with Gasteiger partial charge < -0.3 is 9.80 Å². The highest BCUT2D eigenvalue weighted by Crippen LogP contribution is 2.42.